The van der Waals surface area contributed by atoms with Crippen LogP contribution in [0, 0.1) is 0 Å². The van der Waals surface area contributed by atoms with Gasteiger partial charge in [-0.25, -0.2) is 0 Å². The van der Waals surface area contributed by atoms with Crippen molar-refractivity contribution in [3.8, 4) is 0 Å². The van der Waals surface area contributed by atoms with Crippen LogP contribution in [0.2, 0.25) is 0 Å². The molecule has 6 aromatic rings. The van der Waals surface area contributed by atoms with Crippen molar-refractivity contribution in [2.75, 3.05) is 0 Å². The first-order chi connectivity index (χ1) is 20.3. The van der Waals surface area contributed by atoms with Crippen molar-refractivity contribution in [2.24, 2.45) is 30.0 Å². The second-order valence-corrected chi connectivity index (χ2v) is 16.5. The van der Waals surface area contributed by atoms with Gasteiger partial charge in [-0.15, -0.1) is 0 Å². The van der Waals surface area contributed by atoms with Gasteiger partial charge < -0.3 is 0 Å². The summed E-state index contributed by atoms with van der Waals surface area (Å²) in [7, 11) is 0. The Hall–Kier alpha value is -4.84. The molecule has 0 saturated heterocycles. The second kappa shape index (κ2) is 7.88. The zero-order valence-corrected chi connectivity index (χ0v) is 27.0. The zero-order valence-electron chi connectivity index (χ0n) is 21.5. The van der Waals surface area contributed by atoms with Crippen LogP contribution in [0.15, 0.2) is 127 Å². The van der Waals surface area contributed by atoms with Gasteiger partial charge in [-0.2, -0.15) is 0 Å². The second-order valence-electron chi connectivity index (χ2n) is 10.4. The van der Waals surface area contributed by atoms with Gasteiger partial charge in [0, 0.05) is 0 Å². The minimum atomic E-state index is -2.41. The maximum absolute atomic E-state index is 5.28. The molecule has 6 bridgehead atoms. The van der Waals surface area contributed by atoms with E-state index >= 15 is 0 Å². The molecule has 2 aromatic heterocycles. The van der Waals surface area contributed by atoms with E-state index in [1.54, 1.807) is 0 Å². The van der Waals surface area contributed by atoms with Crippen molar-refractivity contribution < 1.29 is 0 Å². The summed E-state index contributed by atoms with van der Waals surface area (Å²) in [5.41, 5.74) is 5.75. The molecule has 0 N–H and O–H groups in total. The van der Waals surface area contributed by atoms with Gasteiger partial charge in [-0.3, -0.25) is 0 Å². The first-order valence-electron chi connectivity index (χ1n) is 13.5. The Morgan fingerprint density at radius 2 is 0.732 bits per heavy atom. The van der Waals surface area contributed by atoms with Crippen LogP contribution in [0.25, 0.3) is 21.5 Å². The third-order valence-corrected chi connectivity index (χ3v) is 15.1. The van der Waals surface area contributed by atoms with Crippen LogP contribution in [-0.4, -0.2) is 52.9 Å². The summed E-state index contributed by atoms with van der Waals surface area (Å²) in [6.07, 6.45) is 0. The van der Waals surface area contributed by atoms with Crippen molar-refractivity contribution in [1.29, 1.82) is 0 Å². The zero-order chi connectivity index (χ0) is 26.7. The molecule has 0 radical (unpaired) electrons. The van der Waals surface area contributed by atoms with E-state index in [1.165, 1.54) is 0 Å². The minimum absolute atomic E-state index is 0.685. The van der Waals surface area contributed by atoms with Gasteiger partial charge in [0.1, 0.15) is 0 Å². The number of aromatic nitrogens is 2. The molecule has 0 atom stereocenters. The first-order valence-corrected chi connectivity index (χ1v) is 18.4. The van der Waals surface area contributed by atoms with E-state index in [0.717, 1.165) is 66.4 Å². The molecule has 9 heteroatoms. The van der Waals surface area contributed by atoms with E-state index in [1.807, 2.05) is 24.3 Å². The van der Waals surface area contributed by atoms with Gasteiger partial charge in [0.15, 0.2) is 0 Å². The Labute approximate surface area is 245 Å². The van der Waals surface area contributed by atoms with Crippen LogP contribution < -0.4 is 11.0 Å². The van der Waals surface area contributed by atoms with Gasteiger partial charge in [-0.1, -0.05) is 0 Å². The molecule has 8 nitrogen and oxygen atoms in total. The van der Waals surface area contributed by atoms with Crippen molar-refractivity contribution in [2.45, 2.75) is 0 Å². The van der Waals surface area contributed by atoms with Crippen molar-refractivity contribution in [3.05, 3.63) is 130 Å². The molecule has 0 unspecified atom stereocenters. The molecule has 0 saturated carbocycles. The summed E-state index contributed by atoms with van der Waals surface area (Å²) in [5.74, 6) is 4.52. The Morgan fingerprint density at radius 1 is 0.366 bits per heavy atom. The summed E-state index contributed by atoms with van der Waals surface area (Å²) in [6, 6.07) is 33.3. The first kappa shape index (κ1) is 21.9. The normalized spacial score (nSPS) is 16.3. The Bertz CT molecular complexity index is 2290. The molecule has 6 heterocycles. The molecule has 0 spiro atoms. The summed E-state index contributed by atoms with van der Waals surface area (Å²) in [4.78, 5) is 31.1. The van der Waals surface area contributed by atoms with Crippen molar-refractivity contribution in [3.63, 3.8) is 0 Å². The molecular formula is C32H18N8Pb. The summed E-state index contributed by atoms with van der Waals surface area (Å²) in [6.45, 7) is 0. The fourth-order valence-corrected chi connectivity index (χ4v) is 13.3. The average Bonchev–Trinajstić information content (AvgIpc) is 3.72. The molecule has 0 aliphatic carbocycles. The fraction of sp³-hybridized carbons (Fsp3) is 0. The number of amidine groups is 4. The predicted molar refractivity (Wildman–Crippen MR) is 164 cm³/mol. The van der Waals surface area contributed by atoms with Crippen LogP contribution in [0.1, 0.15) is 22.3 Å². The Morgan fingerprint density at radius 3 is 1.17 bits per heavy atom. The number of fused-ring (bicyclic) bond motifs is 14. The number of hydrogen-bond donors (Lipinski definition) is 0. The van der Waals surface area contributed by atoms with E-state index in [2.05, 4.69) is 77.5 Å². The Kier molecular flexibility index (Phi) is 4.21. The Balaban J connectivity index is 1.48. The molecule has 0 fully saturated rings. The van der Waals surface area contributed by atoms with E-state index in [0.29, 0.717) is 23.3 Å². The van der Waals surface area contributed by atoms with Gasteiger partial charge in [0.2, 0.25) is 0 Å². The summed E-state index contributed by atoms with van der Waals surface area (Å²) in [5, 5.41) is 4.24. The third-order valence-electron chi connectivity index (χ3n) is 8.21. The molecule has 4 aliphatic rings. The predicted octanol–water partition coefficient (Wildman–Crippen LogP) is 3.93. The standard InChI is InChI=1S/C32H16N8.Pb.2H/c1-2-10-18-17(9-1)25-33-26(18)38-28-21-13-5-6-14-22(21)30(35-28)40-32-24-16-8-7-15-23(24)31(36-32)39-29-20-12-4-3-11-19(20)27(34-29)37-25;;;/h1-16H;;;/q-2;+2;;. The van der Waals surface area contributed by atoms with Crippen LogP contribution in [0.5, 0.6) is 0 Å². The number of rotatable bonds is 0. The molecule has 4 aromatic carbocycles. The number of benzene rings is 4. The number of aliphatic imine (C=N–C) groups is 4. The fourth-order valence-electron chi connectivity index (χ4n) is 6.35. The van der Waals surface area contributed by atoms with E-state index < -0.39 is 24.8 Å². The SMILES string of the molecule is c1ccc2c(c1)C1=NC2=Nc2c3ccccc3c3[n]2[PbH2][n]2c(c4ccccc4c2=NC2=NC(=N3)c3ccccc32)=N1. The number of nitrogens with zero attached hydrogens (tertiary/aromatic N) is 8. The molecule has 10 rings (SSSR count). The van der Waals surface area contributed by atoms with Crippen LogP contribution in [-0.2, 0) is 0 Å². The molecule has 4 aliphatic heterocycles. The molecule has 0 amide bonds. The van der Waals surface area contributed by atoms with Crippen molar-refractivity contribution in [1.82, 2.24) is 4.75 Å². The summed E-state index contributed by atoms with van der Waals surface area (Å²) < 4.78 is 4.76. The van der Waals surface area contributed by atoms with E-state index in [9.17, 15) is 0 Å². The van der Waals surface area contributed by atoms with Gasteiger partial charge in [0.25, 0.3) is 0 Å². The third kappa shape index (κ3) is 2.92. The van der Waals surface area contributed by atoms with Crippen molar-refractivity contribution >= 4 is 81.4 Å². The van der Waals surface area contributed by atoms with E-state index in [4.69, 9.17) is 30.0 Å². The van der Waals surface area contributed by atoms with Crippen LogP contribution in [0.4, 0.5) is 11.6 Å². The molecule has 41 heavy (non-hydrogen) atoms. The average molecular weight is 722 g/mol. The monoisotopic (exact) mass is 722 g/mol. The molecular weight excluding hydrogens is 704 g/mol. The maximum atomic E-state index is 5.28. The topological polar surface area (TPSA) is 84.0 Å². The van der Waals surface area contributed by atoms with E-state index in [-0.39, 0.29) is 0 Å². The number of hydrogen-bond acceptors (Lipinski definition) is 6. The quantitative estimate of drug-likeness (QED) is 0.213. The van der Waals surface area contributed by atoms with Gasteiger partial charge in [0.05, 0.1) is 0 Å². The summed E-state index contributed by atoms with van der Waals surface area (Å²) >= 11 is -2.41. The van der Waals surface area contributed by atoms with Crippen LogP contribution >= 0.6 is 0 Å². The van der Waals surface area contributed by atoms with Gasteiger partial charge >= 0.3 is 246 Å². The van der Waals surface area contributed by atoms with Crippen LogP contribution in [0.3, 0.4) is 0 Å². The molecule has 190 valence electrons. The van der Waals surface area contributed by atoms with Gasteiger partial charge in [-0.05, 0) is 0 Å².